The van der Waals surface area contributed by atoms with Crippen LogP contribution in [-0.2, 0) is 14.3 Å². The number of esters is 1. The number of amides is 1. The van der Waals surface area contributed by atoms with Crippen molar-refractivity contribution in [3.63, 3.8) is 0 Å². The van der Waals surface area contributed by atoms with Gasteiger partial charge in [0.2, 0.25) is 0 Å². The van der Waals surface area contributed by atoms with E-state index in [1.165, 1.54) is 11.9 Å². The normalized spacial score (nSPS) is 9.69. The summed E-state index contributed by atoms with van der Waals surface area (Å²) in [6.45, 7) is 1.81. The minimum absolute atomic E-state index is 0.168. The van der Waals surface area contributed by atoms with Crippen molar-refractivity contribution < 1.29 is 14.3 Å². The lowest BCUT2D eigenvalue weighted by Crippen LogP contribution is -2.34. The number of anilines is 1. The number of likely N-dealkylation sites (N-methyl/N-ethyl adjacent to an activating group) is 1. The molecule has 0 atom stereocenters. The van der Waals surface area contributed by atoms with E-state index in [0.717, 1.165) is 0 Å². The smallest absolute Gasteiger partial charge is 0.397 e. The Morgan fingerprint density at radius 2 is 2.00 bits per heavy atom. The predicted molar refractivity (Wildman–Crippen MR) is 61.5 cm³/mol. The number of carbonyl (C=O) groups excluding carboxylic acids is 2. The fraction of sp³-hybridized carbons (Fsp3) is 0.273. The number of rotatable bonds is 2. The molecule has 1 amide bonds. The number of ether oxygens (including phenoxy) is 1. The molecular formula is C11H12ClNO3. The van der Waals surface area contributed by atoms with Crippen LogP contribution < -0.4 is 4.90 Å². The summed E-state index contributed by atoms with van der Waals surface area (Å²) in [5.41, 5.74) is 0.474. The molecular weight excluding hydrogens is 230 g/mol. The molecule has 0 saturated carbocycles. The second kappa shape index (κ2) is 5.51. The van der Waals surface area contributed by atoms with Crippen molar-refractivity contribution in [1.29, 1.82) is 0 Å². The average molecular weight is 242 g/mol. The molecule has 0 radical (unpaired) electrons. The van der Waals surface area contributed by atoms with Gasteiger partial charge in [0.15, 0.2) is 0 Å². The summed E-state index contributed by atoms with van der Waals surface area (Å²) >= 11 is 5.90. The van der Waals surface area contributed by atoms with E-state index in [1.54, 1.807) is 31.2 Å². The van der Waals surface area contributed by atoms with Gasteiger partial charge in [-0.25, -0.2) is 4.79 Å². The van der Waals surface area contributed by atoms with Crippen molar-refractivity contribution in [2.24, 2.45) is 0 Å². The first-order valence-electron chi connectivity index (χ1n) is 4.77. The maximum atomic E-state index is 11.6. The van der Waals surface area contributed by atoms with Crippen LogP contribution in [0.5, 0.6) is 0 Å². The highest BCUT2D eigenvalue weighted by atomic mass is 35.5. The quantitative estimate of drug-likeness (QED) is 0.587. The molecule has 0 heterocycles. The molecule has 16 heavy (non-hydrogen) atoms. The molecule has 1 aromatic rings. The number of para-hydroxylation sites is 1. The molecule has 0 bridgehead atoms. The Morgan fingerprint density at radius 1 is 1.38 bits per heavy atom. The molecule has 1 rings (SSSR count). The number of hydrogen-bond donors (Lipinski definition) is 0. The molecule has 0 unspecified atom stereocenters. The molecule has 5 heteroatoms. The van der Waals surface area contributed by atoms with Crippen molar-refractivity contribution in [3.05, 3.63) is 29.3 Å². The third-order valence-electron chi connectivity index (χ3n) is 1.97. The van der Waals surface area contributed by atoms with Gasteiger partial charge in [0, 0.05) is 7.05 Å². The summed E-state index contributed by atoms with van der Waals surface area (Å²) in [4.78, 5) is 24.0. The Balaban J connectivity index is 2.86. The van der Waals surface area contributed by atoms with Crippen molar-refractivity contribution >= 4 is 29.2 Å². The Morgan fingerprint density at radius 3 is 2.56 bits per heavy atom. The minimum atomic E-state index is -0.884. The van der Waals surface area contributed by atoms with Gasteiger partial charge in [-0.1, -0.05) is 23.7 Å². The maximum absolute atomic E-state index is 11.6. The van der Waals surface area contributed by atoms with Crippen LogP contribution >= 0.6 is 11.6 Å². The summed E-state index contributed by atoms with van der Waals surface area (Å²) in [6.07, 6.45) is 0. The Kier molecular flexibility index (Phi) is 4.31. The van der Waals surface area contributed by atoms with E-state index in [2.05, 4.69) is 4.74 Å². The minimum Gasteiger partial charge on any atom is -0.459 e. The van der Waals surface area contributed by atoms with Crippen LogP contribution in [0, 0.1) is 0 Å². The van der Waals surface area contributed by atoms with Crippen LogP contribution in [0.2, 0.25) is 5.02 Å². The van der Waals surface area contributed by atoms with E-state index in [0.29, 0.717) is 10.7 Å². The molecule has 0 aliphatic carbocycles. The topological polar surface area (TPSA) is 46.6 Å². The first-order chi connectivity index (χ1) is 7.57. The zero-order chi connectivity index (χ0) is 12.1. The Bertz CT molecular complexity index is 406. The summed E-state index contributed by atoms with van der Waals surface area (Å²) in [6, 6.07) is 6.77. The average Bonchev–Trinajstić information content (AvgIpc) is 2.28. The van der Waals surface area contributed by atoms with Gasteiger partial charge in [-0.3, -0.25) is 4.79 Å². The molecule has 0 aromatic heterocycles. The fourth-order valence-corrected chi connectivity index (χ4v) is 1.43. The zero-order valence-electron chi connectivity index (χ0n) is 9.07. The molecule has 0 fully saturated rings. The second-order valence-electron chi connectivity index (χ2n) is 3.04. The van der Waals surface area contributed by atoms with Crippen LogP contribution in [-0.4, -0.2) is 25.5 Å². The van der Waals surface area contributed by atoms with E-state index in [-0.39, 0.29) is 6.61 Å². The van der Waals surface area contributed by atoms with Crippen molar-refractivity contribution in [1.82, 2.24) is 0 Å². The van der Waals surface area contributed by atoms with Gasteiger partial charge in [0.05, 0.1) is 17.3 Å². The van der Waals surface area contributed by atoms with Crippen molar-refractivity contribution in [2.75, 3.05) is 18.6 Å². The SMILES string of the molecule is CCOC(=O)C(=O)N(C)c1ccccc1Cl. The first kappa shape index (κ1) is 12.5. The molecule has 0 spiro atoms. The highest BCUT2D eigenvalue weighted by Gasteiger charge is 2.22. The molecule has 0 aliphatic rings. The third kappa shape index (κ3) is 2.73. The van der Waals surface area contributed by atoms with Gasteiger partial charge in [0.1, 0.15) is 0 Å². The Hall–Kier alpha value is -1.55. The summed E-state index contributed by atoms with van der Waals surface area (Å²) in [7, 11) is 1.47. The molecule has 1 aromatic carbocycles. The number of hydrogen-bond acceptors (Lipinski definition) is 3. The van der Waals surface area contributed by atoms with Gasteiger partial charge in [-0.05, 0) is 19.1 Å². The fourth-order valence-electron chi connectivity index (χ4n) is 1.16. The lowest BCUT2D eigenvalue weighted by atomic mass is 10.3. The van der Waals surface area contributed by atoms with Crippen molar-refractivity contribution in [2.45, 2.75) is 6.92 Å². The van der Waals surface area contributed by atoms with Crippen LogP contribution in [0.25, 0.3) is 0 Å². The molecule has 4 nitrogen and oxygen atoms in total. The van der Waals surface area contributed by atoms with Crippen LogP contribution in [0.4, 0.5) is 5.69 Å². The van der Waals surface area contributed by atoms with Crippen LogP contribution in [0.15, 0.2) is 24.3 Å². The lowest BCUT2D eigenvalue weighted by Gasteiger charge is -2.17. The monoisotopic (exact) mass is 241 g/mol. The number of benzene rings is 1. The maximum Gasteiger partial charge on any atom is 0.397 e. The first-order valence-corrected chi connectivity index (χ1v) is 5.15. The molecule has 0 aliphatic heterocycles. The second-order valence-corrected chi connectivity index (χ2v) is 3.44. The molecule has 0 saturated heterocycles. The number of nitrogens with zero attached hydrogens (tertiary/aromatic N) is 1. The van der Waals surface area contributed by atoms with Gasteiger partial charge >= 0.3 is 11.9 Å². The largest absolute Gasteiger partial charge is 0.459 e. The van der Waals surface area contributed by atoms with Gasteiger partial charge in [-0.2, -0.15) is 0 Å². The van der Waals surface area contributed by atoms with E-state index in [1.807, 2.05) is 0 Å². The van der Waals surface area contributed by atoms with E-state index >= 15 is 0 Å². The number of halogens is 1. The van der Waals surface area contributed by atoms with Crippen LogP contribution in [0.1, 0.15) is 6.92 Å². The van der Waals surface area contributed by atoms with Gasteiger partial charge < -0.3 is 9.64 Å². The molecule has 86 valence electrons. The van der Waals surface area contributed by atoms with Gasteiger partial charge in [-0.15, -0.1) is 0 Å². The highest BCUT2D eigenvalue weighted by molar-refractivity contribution is 6.40. The standard InChI is InChI=1S/C11H12ClNO3/c1-3-16-11(15)10(14)13(2)9-7-5-4-6-8(9)12/h4-7H,3H2,1-2H3. The predicted octanol–water partition coefficient (Wildman–Crippen LogP) is 1.87. The van der Waals surface area contributed by atoms with Crippen molar-refractivity contribution in [3.8, 4) is 0 Å². The number of carbonyl (C=O) groups is 2. The Labute approximate surface area is 98.8 Å². The van der Waals surface area contributed by atoms with Crippen LogP contribution in [0.3, 0.4) is 0 Å². The third-order valence-corrected chi connectivity index (χ3v) is 2.29. The van der Waals surface area contributed by atoms with E-state index < -0.39 is 11.9 Å². The summed E-state index contributed by atoms with van der Waals surface area (Å²) in [5.74, 6) is -1.63. The highest BCUT2D eigenvalue weighted by Crippen LogP contribution is 2.24. The zero-order valence-corrected chi connectivity index (χ0v) is 9.82. The lowest BCUT2D eigenvalue weighted by molar-refractivity contribution is -0.153. The molecule has 0 N–H and O–H groups in total. The summed E-state index contributed by atoms with van der Waals surface area (Å²) in [5, 5.41) is 0.405. The van der Waals surface area contributed by atoms with Gasteiger partial charge in [0.25, 0.3) is 0 Å². The van der Waals surface area contributed by atoms with E-state index in [9.17, 15) is 9.59 Å². The van der Waals surface area contributed by atoms with E-state index in [4.69, 9.17) is 11.6 Å². The summed E-state index contributed by atoms with van der Waals surface area (Å²) < 4.78 is 4.61.